The summed E-state index contributed by atoms with van der Waals surface area (Å²) >= 11 is 0. The predicted octanol–water partition coefficient (Wildman–Crippen LogP) is 1.11. The molecule has 0 unspecified atom stereocenters. The van der Waals surface area contributed by atoms with Crippen molar-refractivity contribution in [1.82, 2.24) is 4.90 Å². The maximum absolute atomic E-state index is 12.3. The maximum atomic E-state index is 12.3. The summed E-state index contributed by atoms with van der Waals surface area (Å²) in [5, 5.41) is 0. The lowest BCUT2D eigenvalue weighted by Crippen LogP contribution is -2.40. The molecule has 0 atom stereocenters. The van der Waals surface area contributed by atoms with Crippen LogP contribution in [0.4, 0.5) is 0 Å². The Balaban J connectivity index is 1.80. The van der Waals surface area contributed by atoms with E-state index in [2.05, 4.69) is 0 Å². The molecule has 1 saturated heterocycles. The van der Waals surface area contributed by atoms with E-state index in [0.717, 1.165) is 24.0 Å². The summed E-state index contributed by atoms with van der Waals surface area (Å²) in [6.07, 6.45) is 2.03. The van der Waals surface area contributed by atoms with Crippen LogP contribution in [0.15, 0.2) is 24.3 Å². The summed E-state index contributed by atoms with van der Waals surface area (Å²) in [7, 11) is 0. The van der Waals surface area contributed by atoms with Crippen molar-refractivity contribution in [2.75, 3.05) is 26.3 Å². The number of carbonyl (C=O) groups is 1. The van der Waals surface area contributed by atoms with Gasteiger partial charge in [-0.05, 0) is 30.5 Å². The van der Waals surface area contributed by atoms with Crippen LogP contribution in [0.1, 0.15) is 28.8 Å². The lowest BCUT2D eigenvalue weighted by molar-refractivity contribution is 0.0303. The van der Waals surface area contributed by atoms with Gasteiger partial charge in [-0.1, -0.05) is 12.1 Å². The minimum absolute atomic E-state index is 0.0874. The molecule has 1 heterocycles. The van der Waals surface area contributed by atoms with Crippen molar-refractivity contribution < 1.29 is 9.53 Å². The van der Waals surface area contributed by atoms with Crippen molar-refractivity contribution in [1.29, 1.82) is 0 Å². The molecule has 2 N–H and O–H groups in total. The van der Waals surface area contributed by atoms with Crippen LogP contribution in [0.5, 0.6) is 0 Å². The van der Waals surface area contributed by atoms with Gasteiger partial charge in [-0.2, -0.15) is 0 Å². The third-order valence-corrected chi connectivity index (χ3v) is 3.77. The van der Waals surface area contributed by atoms with Gasteiger partial charge in [-0.25, -0.2) is 0 Å². The molecule has 4 heteroatoms. The highest BCUT2D eigenvalue weighted by Crippen LogP contribution is 2.42. The minimum Gasteiger partial charge on any atom is -0.378 e. The van der Waals surface area contributed by atoms with Gasteiger partial charge in [-0.15, -0.1) is 0 Å². The fraction of sp³-hybridized carbons (Fsp3) is 0.500. The molecule has 1 aromatic carbocycles. The number of hydrogen-bond donors (Lipinski definition) is 1. The quantitative estimate of drug-likeness (QED) is 0.850. The zero-order valence-electron chi connectivity index (χ0n) is 10.4. The van der Waals surface area contributed by atoms with Crippen LogP contribution in [-0.2, 0) is 10.3 Å². The number of carbonyl (C=O) groups excluding carboxylic acids is 1. The fourth-order valence-corrected chi connectivity index (χ4v) is 2.33. The first kappa shape index (κ1) is 11.7. The Hall–Kier alpha value is -1.39. The van der Waals surface area contributed by atoms with E-state index < -0.39 is 0 Å². The van der Waals surface area contributed by atoms with E-state index in [1.165, 1.54) is 0 Å². The molecule has 2 aliphatic rings. The fourth-order valence-electron chi connectivity index (χ4n) is 2.33. The Morgan fingerprint density at radius 2 is 2.00 bits per heavy atom. The van der Waals surface area contributed by atoms with Crippen LogP contribution in [0, 0.1) is 0 Å². The van der Waals surface area contributed by atoms with Gasteiger partial charge in [0.2, 0.25) is 0 Å². The summed E-state index contributed by atoms with van der Waals surface area (Å²) in [4.78, 5) is 14.2. The molecule has 96 valence electrons. The highest BCUT2D eigenvalue weighted by Gasteiger charge is 2.40. The number of hydrogen-bond acceptors (Lipinski definition) is 3. The average molecular weight is 246 g/mol. The van der Waals surface area contributed by atoms with E-state index in [9.17, 15) is 4.79 Å². The number of benzene rings is 1. The van der Waals surface area contributed by atoms with Crippen molar-refractivity contribution in [3.05, 3.63) is 35.4 Å². The molecule has 1 aliphatic heterocycles. The molecule has 2 fully saturated rings. The van der Waals surface area contributed by atoms with Crippen LogP contribution < -0.4 is 5.73 Å². The largest absolute Gasteiger partial charge is 0.378 e. The van der Waals surface area contributed by atoms with Crippen LogP contribution >= 0.6 is 0 Å². The molecule has 3 rings (SSSR count). The Kier molecular flexibility index (Phi) is 2.84. The van der Waals surface area contributed by atoms with E-state index in [-0.39, 0.29) is 11.4 Å². The normalized spacial score (nSPS) is 21.7. The topological polar surface area (TPSA) is 55.6 Å². The monoisotopic (exact) mass is 246 g/mol. The van der Waals surface area contributed by atoms with Gasteiger partial charge in [0.15, 0.2) is 0 Å². The van der Waals surface area contributed by atoms with Gasteiger partial charge >= 0.3 is 0 Å². The van der Waals surface area contributed by atoms with Gasteiger partial charge in [0.25, 0.3) is 5.91 Å². The van der Waals surface area contributed by atoms with Crippen LogP contribution in [0.2, 0.25) is 0 Å². The van der Waals surface area contributed by atoms with Crippen molar-refractivity contribution in [2.45, 2.75) is 18.4 Å². The van der Waals surface area contributed by atoms with E-state index in [0.29, 0.717) is 26.3 Å². The zero-order chi connectivity index (χ0) is 12.6. The maximum Gasteiger partial charge on any atom is 0.254 e. The molecular weight excluding hydrogens is 228 g/mol. The molecule has 1 aromatic rings. The number of ether oxygens (including phenoxy) is 1. The van der Waals surface area contributed by atoms with E-state index in [1.54, 1.807) is 0 Å². The minimum atomic E-state index is -0.179. The average Bonchev–Trinajstić information content (AvgIpc) is 3.18. The second-order valence-electron chi connectivity index (χ2n) is 5.14. The Morgan fingerprint density at radius 3 is 2.67 bits per heavy atom. The lowest BCUT2D eigenvalue weighted by atomic mass is 10.0. The van der Waals surface area contributed by atoms with Crippen LogP contribution in [-0.4, -0.2) is 37.1 Å². The molecule has 0 spiro atoms. The molecule has 0 aromatic heterocycles. The van der Waals surface area contributed by atoms with Crippen molar-refractivity contribution in [3.63, 3.8) is 0 Å². The summed E-state index contributed by atoms with van der Waals surface area (Å²) in [5.41, 5.74) is 7.82. The van der Waals surface area contributed by atoms with Crippen molar-refractivity contribution in [2.24, 2.45) is 5.73 Å². The summed E-state index contributed by atoms with van der Waals surface area (Å²) in [6, 6.07) is 7.76. The van der Waals surface area contributed by atoms with Crippen LogP contribution in [0.3, 0.4) is 0 Å². The second-order valence-corrected chi connectivity index (χ2v) is 5.14. The first-order valence-corrected chi connectivity index (χ1v) is 6.45. The molecule has 18 heavy (non-hydrogen) atoms. The summed E-state index contributed by atoms with van der Waals surface area (Å²) < 4.78 is 5.26. The second kappa shape index (κ2) is 4.37. The lowest BCUT2D eigenvalue weighted by Gasteiger charge is -2.27. The molecule has 1 amide bonds. The van der Waals surface area contributed by atoms with Gasteiger partial charge in [0, 0.05) is 24.2 Å². The Morgan fingerprint density at radius 1 is 1.28 bits per heavy atom. The number of rotatable bonds is 2. The summed E-state index contributed by atoms with van der Waals surface area (Å²) in [6.45, 7) is 2.62. The molecule has 4 nitrogen and oxygen atoms in total. The molecule has 0 bridgehead atoms. The third kappa shape index (κ3) is 2.13. The van der Waals surface area contributed by atoms with Gasteiger partial charge in [0.05, 0.1) is 13.2 Å². The standard InChI is InChI=1S/C14H18N2O2/c15-14(4-5-14)12-3-1-2-11(10-12)13(17)16-6-8-18-9-7-16/h1-3,10H,4-9,15H2. The molecule has 1 aliphatic carbocycles. The van der Waals surface area contributed by atoms with Gasteiger partial charge < -0.3 is 15.4 Å². The van der Waals surface area contributed by atoms with Gasteiger partial charge in [-0.3, -0.25) is 4.79 Å². The number of nitrogens with two attached hydrogens (primary N) is 1. The molecular formula is C14H18N2O2. The Bertz CT molecular complexity index is 463. The summed E-state index contributed by atoms with van der Waals surface area (Å²) in [5.74, 6) is 0.0874. The number of amides is 1. The smallest absolute Gasteiger partial charge is 0.254 e. The van der Waals surface area contributed by atoms with E-state index in [1.807, 2.05) is 29.2 Å². The van der Waals surface area contributed by atoms with E-state index in [4.69, 9.17) is 10.5 Å². The Labute approximate surface area is 107 Å². The number of nitrogens with zero attached hydrogens (tertiary/aromatic N) is 1. The highest BCUT2D eigenvalue weighted by molar-refractivity contribution is 5.94. The first-order chi connectivity index (χ1) is 8.69. The van der Waals surface area contributed by atoms with Crippen LogP contribution in [0.25, 0.3) is 0 Å². The van der Waals surface area contributed by atoms with Crippen molar-refractivity contribution in [3.8, 4) is 0 Å². The first-order valence-electron chi connectivity index (χ1n) is 6.45. The SMILES string of the molecule is NC1(c2cccc(C(=O)N3CCOCC3)c2)CC1. The predicted molar refractivity (Wildman–Crippen MR) is 68.3 cm³/mol. The number of morpholine rings is 1. The molecule has 0 radical (unpaired) electrons. The zero-order valence-corrected chi connectivity index (χ0v) is 10.4. The highest BCUT2D eigenvalue weighted by atomic mass is 16.5. The van der Waals surface area contributed by atoms with Gasteiger partial charge in [0.1, 0.15) is 0 Å². The molecule has 1 saturated carbocycles. The third-order valence-electron chi connectivity index (χ3n) is 3.77. The van der Waals surface area contributed by atoms with E-state index >= 15 is 0 Å². The van der Waals surface area contributed by atoms with Crippen molar-refractivity contribution >= 4 is 5.91 Å².